The van der Waals surface area contributed by atoms with Gasteiger partial charge in [0.25, 0.3) is 5.91 Å². The number of carbonyl (C=O) groups is 2. The Bertz CT molecular complexity index is 1060. The summed E-state index contributed by atoms with van der Waals surface area (Å²) in [5, 5.41) is 6.87. The summed E-state index contributed by atoms with van der Waals surface area (Å²) in [5.41, 5.74) is 1.43. The van der Waals surface area contributed by atoms with E-state index >= 15 is 0 Å². The SMILES string of the molecule is COc1cc(C(=O)NC2CC3CCCC(C2)N3CC(=O)NCc2cccc(Cl)c2)cc(OC)c1OC. The molecule has 0 saturated carbocycles. The summed E-state index contributed by atoms with van der Waals surface area (Å²) in [6.07, 6.45) is 4.81. The van der Waals surface area contributed by atoms with Crippen LogP contribution >= 0.6 is 11.6 Å². The van der Waals surface area contributed by atoms with E-state index < -0.39 is 0 Å². The topological polar surface area (TPSA) is 89.1 Å². The first kappa shape index (κ1) is 26.1. The van der Waals surface area contributed by atoms with Gasteiger partial charge in [-0.1, -0.05) is 30.2 Å². The second kappa shape index (κ2) is 11.8. The van der Waals surface area contributed by atoms with Crippen molar-refractivity contribution in [2.45, 2.75) is 56.8 Å². The molecule has 2 bridgehead atoms. The van der Waals surface area contributed by atoms with Gasteiger partial charge in [0.1, 0.15) is 0 Å². The van der Waals surface area contributed by atoms with Crippen molar-refractivity contribution in [3.63, 3.8) is 0 Å². The third-order valence-corrected chi connectivity index (χ3v) is 7.33. The number of hydrogen-bond donors (Lipinski definition) is 2. The highest BCUT2D eigenvalue weighted by Crippen LogP contribution is 2.38. The summed E-state index contributed by atoms with van der Waals surface area (Å²) in [4.78, 5) is 28.2. The summed E-state index contributed by atoms with van der Waals surface area (Å²) < 4.78 is 16.1. The fourth-order valence-corrected chi connectivity index (χ4v) is 5.62. The molecule has 36 heavy (non-hydrogen) atoms. The quantitative estimate of drug-likeness (QED) is 0.528. The molecule has 2 amide bonds. The second-order valence-corrected chi connectivity index (χ2v) is 9.81. The molecule has 2 saturated heterocycles. The van der Waals surface area contributed by atoms with Gasteiger partial charge in [-0.25, -0.2) is 0 Å². The van der Waals surface area contributed by atoms with Gasteiger partial charge in [-0.2, -0.15) is 0 Å². The molecule has 2 aliphatic heterocycles. The lowest BCUT2D eigenvalue weighted by molar-refractivity contribution is -0.125. The van der Waals surface area contributed by atoms with Crippen molar-refractivity contribution in [3.8, 4) is 17.2 Å². The molecule has 2 aromatic rings. The molecule has 0 radical (unpaired) electrons. The van der Waals surface area contributed by atoms with Crippen molar-refractivity contribution in [3.05, 3.63) is 52.5 Å². The number of nitrogens with one attached hydrogen (secondary N) is 2. The van der Waals surface area contributed by atoms with Crippen LogP contribution in [0.2, 0.25) is 5.02 Å². The van der Waals surface area contributed by atoms with Gasteiger partial charge in [-0.3, -0.25) is 14.5 Å². The maximum Gasteiger partial charge on any atom is 0.251 e. The summed E-state index contributed by atoms with van der Waals surface area (Å²) in [6, 6.07) is 11.4. The normalized spacial score (nSPS) is 21.4. The molecule has 0 aromatic heterocycles. The predicted molar refractivity (Wildman–Crippen MR) is 138 cm³/mol. The number of fused-ring (bicyclic) bond motifs is 2. The molecule has 2 unspecified atom stereocenters. The Labute approximate surface area is 217 Å². The van der Waals surface area contributed by atoms with Crippen LogP contribution < -0.4 is 24.8 Å². The van der Waals surface area contributed by atoms with Crippen molar-refractivity contribution in [2.75, 3.05) is 27.9 Å². The van der Waals surface area contributed by atoms with Crippen LogP contribution in [0, 0.1) is 0 Å². The molecule has 2 heterocycles. The lowest BCUT2D eigenvalue weighted by Gasteiger charge is -2.48. The number of carbonyl (C=O) groups excluding carboxylic acids is 2. The first-order valence-electron chi connectivity index (χ1n) is 12.3. The van der Waals surface area contributed by atoms with E-state index in [1.165, 1.54) is 21.3 Å². The molecule has 2 aliphatic rings. The van der Waals surface area contributed by atoms with E-state index in [9.17, 15) is 9.59 Å². The van der Waals surface area contributed by atoms with Crippen molar-refractivity contribution in [2.24, 2.45) is 0 Å². The highest BCUT2D eigenvalue weighted by atomic mass is 35.5. The highest BCUT2D eigenvalue weighted by Gasteiger charge is 2.39. The Morgan fingerprint density at radius 1 is 1.00 bits per heavy atom. The predicted octanol–water partition coefficient (Wildman–Crippen LogP) is 3.80. The third kappa shape index (κ3) is 6.05. The maximum absolute atomic E-state index is 13.1. The van der Waals surface area contributed by atoms with Crippen molar-refractivity contribution in [1.82, 2.24) is 15.5 Å². The van der Waals surface area contributed by atoms with Gasteiger partial charge in [-0.15, -0.1) is 0 Å². The van der Waals surface area contributed by atoms with Gasteiger partial charge < -0.3 is 24.8 Å². The van der Waals surface area contributed by atoms with E-state index in [2.05, 4.69) is 15.5 Å². The number of halogens is 1. The highest BCUT2D eigenvalue weighted by molar-refractivity contribution is 6.30. The zero-order chi connectivity index (χ0) is 25.7. The van der Waals surface area contributed by atoms with E-state index in [0.717, 1.165) is 37.7 Å². The Morgan fingerprint density at radius 2 is 1.67 bits per heavy atom. The average molecular weight is 516 g/mol. The van der Waals surface area contributed by atoms with Crippen molar-refractivity contribution >= 4 is 23.4 Å². The summed E-state index contributed by atoms with van der Waals surface area (Å²) in [5.74, 6) is 1.17. The molecule has 0 aliphatic carbocycles. The van der Waals surface area contributed by atoms with E-state index in [1.54, 1.807) is 12.1 Å². The number of amides is 2. The molecule has 2 atom stereocenters. The van der Waals surface area contributed by atoms with E-state index in [0.29, 0.717) is 40.9 Å². The molecule has 9 heteroatoms. The standard InChI is InChI=1S/C27H34ClN3O5/c1-34-23-11-18(12-24(35-2)26(23)36-3)27(33)30-20-13-21-8-5-9-22(14-20)31(21)16-25(32)29-15-17-6-4-7-19(28)10-17/h4,6-7,10-12,20-22H,5,8-9,13-16H2,1-3H3,(H,29,32)(H,30,33). The fraction of sp³-hybridized carbons (Fsp3) is 0.481. The van der Waals surface area contributed by atoms with Gasteiger partial charge in [-0.05, 0) is 55.5 Å². The zero-order valence-corrected chi connectivity index (χ0v) is 21.8. The first-order valence-corrected chi connectivity index (χ1v) is 12.7. The van der Waals surface area contributed by atoms with Crippen LogP contribution in [-0.2, 0) is 11.3 Å². The molecule has 0 spiro atoms. The number of methoxy groups -OCH3 is 3. The van der Waals surface area contributed by atoms with Crippen LogP contribution in [-0.4, -0.2) is 62.7 Å². The number of benzene rings is 2. The Morgan fingerprint density at radius 3 is 2.25 bits per heavy atom. The van der Waals surface area contributed by atoms with Crippen LogP contribution in [0.1, 0.15) is 48.0 Å². The molecule has 2 N–H and O–H groups in total. The number of hydrogen-bond acceptors (Lipinski definition) is 6. The molecular weight excluding hydrogens is 482 g/mol. The van der Waals surface area contributed by atoms with Gasteiger partial charge >= 0.3 is 0 Å². The zero-order valence-electron chi connectivity index (χ0n) is 21.0. The van der Waals surface area contributed by atoms with E-state index in [4.69, 9.17) is 25.8 Å². The Kier molecular flexibility index (Phi) is 8.59. The lowest BCUT2D eigenvalue weighted by atomic mass is 9.81. The smallest absolute Gasteiger partial charge is 0.251 e. The van der Waals surface area contributed by atoms with Crippen molar-refractivity contribution < 1.29 is 23.8 Å². The molecular formula is C27H34ClN3O5. The lowest BCUT2D eigenvalue weighted by Crippen LogP contribution is -2.58. The monoisotopic (exact) mass is 515 g/mol. The average Bonchev–Trinajstić information content (AvgIpc) is 2.87. The largest absolute Gasteiger partial charge is 0.493 e. The van der Waals surface area contributed by atoms with Gasteiger partial charge in [0.15, 0.2) is 11.5 Å². The number of rotatable bonds is 9. The van der Waals surface area contributed by atoms with Crippen LogP contribution in [0.25, 0.3) is 0 Å². The van der Waals surface area contributed by atoms with Crippen LogP contribution in [0.15, 0.2) is 36.4 Å². The molecule has 2 fully saturated rings. The minimum absolute atomic E-state index is 0.00628. The number of nitrogens with zero attached hydrogens (tertiary/aromatic N) is 1. The van der Waals surface area contributed by atoms with Crippen LogP contribution in [0.3, 0.4) is 0 Å². The Balaban J connectivity index is 1.36. The minimum atomic E-state index is -0.176. The maximum atomic E-state index is 13.1. The Hall–Kier alpha value is -2.97. The molecule has 2 aromatic carbocycles. The fourth-order valence-electron chi connectivity index (χ4n) is 5.40. The van der Waals surface area contributed by atoms with Gasteiger partial charge in [0, 0.05) is 35.3 Å². The second-order valence-electron chi connectivity index (χ2n) is 9.37. The van der Waals surface area contributed by atoms with Gasteiger partial charge in [0.05, 0.1) is 27.9 Å². The third-order valence-electron chi connectivity index (χ3n) is 7.09. The molecule has 4 rings (SSSR count). The van der Waals surface area contributed by atoms with E-state index in [-0.39, 0.29) is 29.9 Å². The number of piperidine rings is 2. The molecule has 8 nitrogen and oxygen atoms in total. The first-order chi connectivity index (χ1) is 17.4. The minimum Gasteiger partial charge on any atom is -0.493 e. The summed E-state index contributed by atoms with van der Waals surface area (Å²) >= 11 is 6.04. The molecule has 194 valence electrons. The van der Waals surface area contributed by atoms with E-state index in [1.807, 2.05) is 24.3 Å². The number of ether oxygens (including phenoxy) is 3. The van der Waals surface area contributed by atoms with Crippen LogP contribution in [0.4, 0.5) is 0 Å². The summed E-state index contributed by atoms with van der Waals surface area (Å²) in [7, 11) is 4.59. The van der Waals surface area contributed by atoms with Crippen molar-refractivity contribution in [1.29, 1.82) is 0 Å². The summed E-state index contributed by atoms with van der Waals surface area (Å²) in [6.45, 7) is 0.819. The van der Waals surface area contributed by atoms with Crippen LogP contribution in [0.5, 0.6) is 17.2 Å². The van der Waals surface area contributed by atoms with Gasteiger partial charge in [0.2, 0.25) is 11.7 Å².